The third-order valence-electron chi connectivity index (χ3n) is 5.17. The first kappa shape index (κ1) is 17.4. The molecule has 5 nitrogen and oxygen atoms in total. The third-order valence-corrected chi connectivity index (χ3v) is 5.17. The molecule has 1 aliphatic heterocycles. The van der Waals surface area contributed by atoms with E-state index in [0.29, 0.717) is 5.82 Å². The van der Waals surface area contributed by atoms with Crippen LogP contribution in [0.4, 0.5) is 11.5 Å². The molecule has 2 aromatic carbocycles. The zero-order valence-corrected chi connectivity index (χ0v) is 15.5. The Balaban J connectivity index is 1.61. The van der Waals surface area contributed by atoms with Crippen molar-refractivity contribution in [2.24, 2.45) is 0 Å². The number of aromatic hydroxyl groups is 1. The molecular weight excluding hydrogens is 336 g/mol. The molecule has 3 aromatic rings. The molecular formula is C22H24N4O. The number of likely N-dealkylation sites (N-methyl/N-ethyl adjacent to an activating group) is 1. The van der Waals surface area contributed by atoms with Gasteiger partial charge in [0, 0.05) is 49.2 Å². The number of phenolic OH excluding ortho intramolecular Hbond substituents is 1. The van der Waals surface area contributed by atoms with Gasteiger partial charge in [-0.05, 0) is 48.5 Å². The lowest BCUT2D eigenvalue weighted by Crippen LogP contribution is -2.44. The number of pyridine rings is 1. The van der Waals surface area contributed by atoms with Crippen molar-refractivity contribution in [2.75, 3.05) is 43.9 Å². The highest BCUT2D eigenvalue weighted by molar-refractivity contribution is 5.80. The molecule has 1 fully saturated rings. The summed E-state index contributed by atoms with van der Waals surface area (Å²) in [6.07, 6.45) is 1.77. The molecule has 1 aliphatic rings. The van der Waals surface area contributed by atoms with Crippen LogP contribution < -0.4 is 10.6 Å². The molecule has 4 rings (SSSR count). The quantitative estimate of drug-likeness (QED) is 0.749. The van der Waals surface area contributed by atoms with E-state index in [0.717, 1.165) is 48.4 Å². The fourth-order valence-electron chi connectivity index (χ4n) is 3.43. The Kier molecular flexibility index (Phi) is 4.69. The third kappa shape index (κ3) is 3.73. The van der Waals surface area contributed by atoms with Crippen molar-refractivity contribution < 1.29 is 5.11 Å². The number of phenols is 1. The standard InChI is InChI=1S/C22H24N4O/c1-25-10-12-26(13-11-25)19-6-2-17(3-7-19)21-14-18(15-24-22(21)23)16-4-8-20(27)9-5-16/h2-9,14-15,27H,10-13H2,1H3,(H2,23,24). The van der Waals surface area contributed by atoms with Gasteiger partial charge in [0.15, 0.2) is 0 Å². The first-order valence-corrected chi connectivity index (χ1v) is 9.19. The summed E-state index contributed by atoms with van der Waals surface area (Å²) in [5.41, 5.74) is 11.3. The predicted octanol–water partition coefficient (Wildman–Crippen LogP) is 3.46. The van der Waals surface area contributed by atoms with Gasteiger partial charge in [-0.2, -0.15) is 0 Å². The molecule has 0 saturated carbocycles. The average Bonchev–Trinajstić information content (AvgIpc) is 2.70. The predicted molar refractivity (Wildman–Crippen MR) is 111 cm³/mol. The van der Waals surface area contributed by atoms with Gasteiger partial charge < -0.3 is 20.6 Å². The Morgan fingerprint density at radius 3 is 2.15 bits per heavy atom. The Morgan fingerprint density at radius 1 is 0.852 bits per heavy atom. The summed E-state index contributed by atoms with van der Waals surface area (Å²) < 4.78 is 0. The van der Waals surface area contributed by atoms with Crippen LogP contribution in [0.3, 0.4) is 0 Å². The largest absolute Gasteiger partial charge is 0.508 e. The Hall–Kier alpha value is -3.05. The fraction of sp³-hybridized carbons (Fsp3) is 0.227. The number of piperazine rings is 1. The molecule has 1 saturated heterocycles. The van der Waals surface area contributed by atoms with Crippen molar-refractivity contribution in [2.45, 2.75) is 0 Å². The van der Waals surface area contributed by atoms with Crippen LogP contribution in [0.2, 0.25) is 0 Å². The maximum atomic E-state index is 9.49. The lowest BCUT2D eigenvalue weighted by atomic mass is 10.0. The average molecular weight is 360 g/mol. The molecule has 5 heteroatoms. The van der Waals surface area contributed by atoms with Gasteiger partial charge in [0.2, 0.25) is 0 Å². The molecule has 27 heavy (non-hydrogen) atoms. The van der Waals surface area contributed by atoms with Gasteiger partial charge in [-0.15, -0.1) is 0 Å². The van der Waals surface area contributed by atoms with E-state index in [-0.39, 0.29) is 5.75 Å². The van der Waals surface area contributed by atoms with Crippen molar-refractivity contribution in [1.82, 2.24) is 9.88 Å². The zero-order valence-electron chi connectivity index (χ0n) is 15.5. The van der Waals surface area contributed by atoms with E-state index in [1.165, 1.54) is 5.69 Å². The maximum Gasteiger partial charge on any atom is 0.131 e. The molecule has 2 heterocycles. The number of anilines is 2. The maximum absolute atomic E-state index is 9.49. The van der Waals surface area contributed by atoms with Gasteiger partial charge >= 0.3 is 0 Å². The van der Waals surface area contributed by atoms with Crippen LogP contribution in [0, 0.1) is 0 Å². The van der Waals surface area contributed by atoms with E-state index in [2.05, 4.69) is 52.2 Å². The molecule has 0 bridgehead atoms. The number of rotatable bonds is 3. The molecule has 0 aliphatic carbocycles. The van der Waals surface area contributed by atoms with Gasteiger partial charge in [-0.3, -0.25) is 0 Å². The van der Waals surface area contributed by atoms with Gasteiger partial charge in [0.1, 0.15) is 11.6 Å². The highest BCUT2D eigenvalue weighted by Crippen LogP contribution is 2.31. The fourth-order valence-corrected chi connectivity index (χ4v) is 3.43. The number of nitrogens with zero attached hydrogens (tertiary/aromatic N) is 3. The summed E-state index contributed by atoms with van der Waals surface area (Å²) in [7, 11) is 2.16. The van der Waals surface area contributed by atoms with Crippen LogP contribution in [0.15, 0.2) is 60.8 Å². The second kappa shape index (κ2) is 7.29. The normalized spacial score (nSPS) is 15.1. The smallest absolute Gasteiger partial charge is 0.131 e. The topological polar surface area (TPSA) is 65.6 Å². The summed E-state index contributed by atoms with van der Waals surface area (Å²) in [6.45, 7) is 4.28. The molecule has 1 aromatic heterocycles. The van der Waals surface area contributed by atoms with Gasteiger partial charge in [0.25, 0.3) is 0 Å². The van der Waals surface area contributed by atoms with Crippen molar-refractivity contribution in [3.63, 3.8) is 0 Å². The van der Waals surface area contributed by atoms with Crippen molar-refractivity contribution in [3.8, 4) is 28.0 Å². The first-order chi connectivity index (χ1) is 13.1. The Morgan fingerprint density at radius 2 is 1.48 bits per heavy atom. The molecule has 0 unspecified atom stereocenters. The van der Waals surface area contributed by atoms with Gasteiger partial charge in [0.05, 0.1) is 0 Å². The van der Waals surface area contributed by atoms with Gasteiger partial charge in [-0.25, -0.2) is 4.98 Å². The van der Waals surface area contributed by atoms with E-state index >= 15 is 0 Å². The minimum Gasteiger partial charge on any atom is -0.508 e. The monoisotopic (exact) mass is 360 g/mol. The highest BCUT2D eigenvalue weighted by atomic mass is 16.3. The van der Waals surface area contributed by atoms with Crippen molar-refractivity contribution in [1.29, 1.82) is 0 Å². The summed E-state index contributed by atoms with van der Waals surface area (Å²) in [5.74, 6) is 0.770. The molecule has 3 N–H and O–H groups in total. The number of nitrogen functional groups attached to an aromatic ring is 1. The van der Waals surface area contributed by atoms with Crippen LogP contribution in [0.25, 0.3) is 22.3 Å². The number of hydrogen-bond donors (Lipinski definition) is 2. The van der Waals surface area contributed by atoms with E-state index in [9.17, 15) is 5.11 Å². The molecule has 0 spiro atoms. The second-order valence-corrected chi connectivity index (χ2v) is 7.04. The number of hydrogen-bond acceptors (Lipinski definition) is 5. The van der Waals surface area contributed by atoms with E-state index < -0.39 is 0 Å². The number of nitrogens with two attached hydrogens (primary N) is 1. The van der Waals surface area contributed by atoms with Gasteiger partial charge in [-0.1, -0.05) is 24.3 Å². The van der Waals surface area contributed by atoms with Crippen molar-refractivity contribution in [3.05, 3.63) is 60.8 Å². The lowest BCUT2D eigenvalue weighted by Gasteiger charge is -2.34. The van der Waals surface area contributed by atoms with E-state index in [1.807, 2.05) is 12.1 Å². The zero-order chi connectivity index (χ0) is 18.8. The van der Waals surface area contributed by atoms with Crippen LogP contribution in [0.1, 0.15) is 0 Å². The second-order valence-electron chi connectivity index (χ2n) is 7.04. The van der Waals surface area contributed by atoms with Crippen LogP contribution >= 0.6 is 0 Å². The van der Waals surface area contributed by atoms with E-state index in [1.54, 1.807) is 18.3 Å². The van der Waals surface area contributed by atoms with Crippen molar-refractivity contribution >= 4 is 11.5 Å². The summed E-state index contributed by atoms with van der Waals surface area (Å²) in [5, 5.41) is 9.49. The Bertz CT molecular complexity index is 914. The molecule has 0 radical (unpaired) electrons. The number of aromatic nitrogens is 1. The molecule has 0 amide bonds. The minimum absolute atomic E-state index is 0.252. The summed E-state index contributed by atoms with van der Waals surface area (Å²) >= 11 is 0. The SMILES string of the molecule is CN1CCN(c2ccc(-c3cc(-c4ccc(O)cc4)cnc3N)cc2)CC1. The summed E-state index contributed by atoms with van der Waals surface area (Å²) in [4.78, 5) is 9.14. The van der Waals surface area contributed by atoms with Crippen LogP contribution in [-0.4, -0.2) is 48.2 Å². The highest BCUT2D eigenvalue weighted by Gasteiger charge is 2.14. The molecule has 138 valence electrons. The minimum atomic E-state index is 0.252. The van der Waals surface area contributed by atoms with Crippen LogP contribution in [-0.2, 0) is 0 Å². The lowest BCUT2D eigenvalue weighted by molar-refractivity contribution is 0.313. The molecule has 0 atom stereocenters. The summed E-state index contributed by atoms with van der Waals surface area (Å²) in [6, 6.07) is 17.7. The van der Waals surface area contributed by atoms with E-state index in [4.69, 9.17) is 5.73 Å². The Labute approximate surface area is 159 Å². The number of benzene rings is 2. The van der Waals surface area contributed by atoms with Crippen LogP contribution in [0.5, 0.6) is 5.75 Å². The first-order valence-electron chi connectivity index (χ1n) is 9.19.